The molecule has 0 amide bonds. The molecule has 0 aliphatic heterocycles. The molecule has 0 aliphatic rings. The molecule has 0 N–H and O–H groups in total. The first kappa shape index (κ1) is 216. The van der Waals surface area contributed by atoms with Gasteiger partial charge in [0.25, 0.3) is 0 Å². The second-order valence-electron chi connectivity index (χ2n) is 0. The molecule has 0 atom stereocenters. The van der Waals surface area contributed by atoms with Gasteiger partial charge in [0, 0.05) is 0 Å². The first-order valence-electron chi connectivity index (χ1n) is 3.64. The molecule has 0 bridgehead atoms. The van der Waals surface area contributed by atoms with Crippen LogP contribution in [0.4, 0.5) is 0 Å². The first-order chi connectivity index (χ1) is 16.0. The molecule has 22 heteroatoms. The maximum Gasteiger partial charge on any atom is 2.00 e. The molecular weight excluding hydrogens is 1070 g/mol. The van der Waals surface area contributed by atoms with Gasteiger partial charge in [-0.2, -0.15) is 0 Å². The number of hydrogen-bond acceptors (Lipinski definition) is 12. The zero-order chi connectivity index (χ0) is 32.0. The van der Waals surface area contributed by atoms with Crippen LogP contribution in [0.1, 0.15) is 0 Å². The third-order valence-corrected chi connectivity index (χ3v) is 0. The Bertz CT molecular complexity index is 190. The van der Waals surface area contributed by atoms with Crippen molar-refractivity contribution in [2.24, 2.45) is 0 Å². The SMILES string of the molecule is [C-]#[O+].[C-]#[O+].[C-]#[O+].[C-]#[O+].[CH-]=O.[CH-]=O.[CH-]=O.[CH-]=O.[CH-]=O.[CH-]=O.[CH-]=O.[CH-]=O.[CH-]=O.[CH-]=O.[CH-]=O.[CH-]=O.[Rh+2].[Rh+2].[Rh+2].[Rh+2].[Rh+2].[Rh+2]. The van der Waals surface area contributed by atoms with Crippen LogP contribution in [-0.2, 0) is 193 Å². The van der Waals surface area contributed by atoms with E-state index < -0.39 is 0 Å². The molecule has 6 radical (unpaired) electrons. The maximum atomic E-state index is 7.75. The van der Waals surface area contributed by atoms with Crippen molar-refractivity contribution < 1.29 is 193 Å². The Labute approximate surface area is 298 Å². The van der Waals surface area contributed by atoms with E-state index in [2.05, 4.69) is 108 Å². The van der Waals surface area contributed by atoms with Crippen LogP contribution in [-0.4, -0.2) is 81.5 Å². The van der Waals surface area contributed by atoms with Crippen LogP contribution in [0.5, 0.6) is 0 Å². The summed E-state index contributed by atoms with van der Waals surface area (Å²) in [6, 6.07) is 0. The van der Waals surface area contributed by atoms with E-state index in [0.717, 1.165) is 0 Å². The van der Waals surface area contributed by atoms with Crippen LogP contribution in [0.15, 0.2) is 0 Å². The monoisotopic (exact) mass is 1080 g/mol. The van der Waals surface area contributed by atoms with Gasteiger partial charge in [0.1, 0.15) is 0 Å². The normalized spacial score (nSPS) is 1.47. The average Bonchev–Trinajstić information content (AvgIpc) is 3.05. The van der Waals surface area contributed by atoms with Crippen molar-refractivity contribution in [2.75, 3.05) is 0 Å². The van der Waals surface area contributed by atoms with Gasteiger partial charge in [0.05, 0.1) is 0 Å². The Kier molecular flexibility index (Phi) is 154000. The molecule has 0 aromatic rings. The summed E-state index contributed by atoms with van der Waals surface area (Å²) in [5.74, 6) is 0. The molecule has 226 valence electrons. The van der Waals surface area contributed by atoms with Gasteiger partial charge >= 0.3 is 162 Å². The summed E-state index contributed by atoms with van der Waals surface area (Å²) in [6.45, 7) is 57.0. The summed E-state index contributed by atoms with van der Waals surface area (Å²) in [5, 5.41) is 0. The van der Waals surface area contributed by atoms with Gasteiger partial charge in [-0.15, -0.1) is 0 Å². The molecule has 0 aromatic carbocycles. The predicted molar refractivity (Wildman–Crippen MR) is 96.7 cm³/mol. The van der Waals surface area contributed by atoms with E-state index in [4.69, 9.17) is 76.1 Å². The number of hydrogen-bond donors (Lipinski definition) is 0. The second kappa shape index (κ2) is 27200. The van der Waals surface area contributed by atoms with Crippen LogP contribution in [0.2, 0.25) is 0 Å². The van der Waals surface area contributed by atoms with Gasteiger partial charge in [0.15, 0.2) is 0 Å². The van der Waals surface area contributed by atoms with Crippen LogP contribution in [0.3, 0.4) is 0 Å². The number of carbonyl (C=O) groups excluding carboxylic acids is 12. The zero-order valence-electron chi connectivity index (χ0n) is 17.5. The molecule has 0 heterocycles. The fourth-order valence-electron chi connectivity index (χ4n) is 0. The van der Waals surface area contributed by atoms with Gasteiger partial charge in [-0.05, 0) is 0 Å². The van der Waals surface area contributed by atoms with Crippen molar-refractivity contribution in [1.82, 2.24) is 0 Å². The third-order valence-electron chi connectivity index (χ3n) is 0. The van der Waals surface area contributed by atoms with Gasteiger partial charge in [0.2, 0.25) is 0 Å². The molecule has 0 fully saturated rings. The zero-order valence-corrected chi connectivity index (χ0v) is 27.3. The molecule has 16 nitrogen and oxygen atoms in total. The van der Waals surface area contributed by atoms with Crippen molar-refractivity contribution >= 4 is 81.5 Å². The van der Waals surface area contributed by atoms with Gasteiger partial charge < -0.3 is 57.5 Å². The fraction of sp³-hybridized carbons (Fsp3) is 0. The van der Waals surface area contributed by atoms with Gasteiger partial charge in [-0.1, -0.05) is 0 Å². The minimum atomic E-state index is 0. The van der Waals surface area contributed by atoms with Crippen molar-refractivity contribution in [3.63, 3.8) is 0 Å². The van der Waals surface area contributed by atoms with E-state index in [1.54, 1.807) is 0 Å². The van der Waals surface area contributed by atoms with Crippen LogP contribution in [0, 0.1) is 26.6 Å². The largest absolute Gasteiger partial charge is 2.00 e. The maximum absolute atomic E-state index is 7.75. The van der Waals surface area contributed by atoms with Crippen molar-refractivity contribution in [1.29, 1.82) is 0 Å². The Morgan fingerprint density at radius 3 is 0.184 bits per heavy atom. The molecule has 0 aliphatic carbocycles. The van der Waals surface area contributed by atoms with E-state index in [1.165, 1.54) is 0 Å². The summed E-state index contributed by atoms with van der Waals surface area (Å²) in [7, 11) is 0. The molecule has 0 aromatic heterocycles. The second-order valence-corrected chi connectivity index (χ2v) is 0. The van der Waals surface area contributed by atoms with E-state index in [-0.39, 0.29) is 117 Å². The van der Waals surface area contributed by atoms with E-state index in [1.807, 2.05) is 0 Å². The molecule has 0 spiro atoms. The average molecular weight is 1080 g/mol. The summed E-state index contributed by atoms with van der Waals surface area (Å²) < 4.78 is 30.0. The Hall–Kier alpha value is -1.26. The van der Waals surface area contributed by atoms with E-state index in [0.29, 0.717) is 0 Å². The van der Waals surface area contributed by atoms with Gasteiger partial charge in [-0.3, -0.25) is 81.5 Å². The summed E-state index contributed by atoms with van der Waals surface area (Å²) in [6.07, 6.45) is 0. The standard InChI is InChI=1S/12CHO.4CO.6Rh/c16*1-2;;;;;;/h12*1H;;;;;;;;;;/q12*-1;;;;;6*+2. The summed E-state index contributed by atoms with van der Waals surface area (Å²) in [4.78, 5) is 93.0. The minimum absolute atomic E-state index is 0. The molecule has 0 saturated heterocycles. The van der Waals surface area contributed by atoms with Crippen molar-refractivity contribution in [2.45, 2.75) is 0 Å². The van der Waals surface area contributed by atoms with E-state index >= 15 is 0 Å². The molecular formula is C16H12O16Rh6. The summed E-state index contributed by atoms with van der Waals surface area (Å²) >= 11 is 0. The van der Waals surface area contributed by atoms with E-state index in [9.17, 15) is 0 Å². The van der Waals surface area contributed by atoms with Crippen LogP contribution in [0.25, 0.3) is 0 Å². The predicted octanol–water partition coefficient (Wildman–Crippen LogP) is -3.45. The van der Waals surface area contributed by atoms with Crippen molar-refractivity contribution in [3.05, 3.63) is 26.6 Å². The fourth-order valence-corrected chi connectivity index (χ4v) is 0. The van der Waals surface area contributed by atoms with Crippen LogP contribution < -0.4 is 0 Å². The van der Waals surface area contributed by atoms with Crippen molar-refractivity contribution in [3.8, 4) is 0 Å². The molecule has 0 unspecified atom stereocenters. The Morgan fingerprint density at radius 1 is 0.184 bits per heavy atom. The first-order valence-corrected chi connectivity index (χ1v) is 3.64. The summed E-state index contributed by atoms with van der Waals surface area (Å²) in [5.41, 5.74) is 0. The van der Waals surface area contributed by atoms with Gasteiger partial charge in [-0.25, -0.2) is 0 Å². The topological polar surface area (TPSA) is 284 Å². The molecule has 0 saturated carbocycles. The molecule has 38 heavy (non-hydrogen) atoms. The minimum Gasteiger partial charge on any atom is -0.545 e. The quantitative estimate of drug-likeness (QED) is 0.0991. The molecule has 0 rings (SSSR count). The Balaban J connectivity index is -0.00000000356. The Morgan fingerprint density at radius 2 is 0.184 bits per heavy atom. The number of rotatable bonds is 0. The third kappa shape index (κ3) is 24900. The smallest absolute Gasteiger partial charge is 0.545 e. The van der Waals surface area contributed by atoms with Crippen LogP contribution >= 0.6 is 0 Å².